The minimum Gasteiger partial charge on any atom is -0.373 e. The van der Waals surface area contributed by atoms with Gasteiger partial charge in [-0.05, 0) is 19.9 Å². The van der Waals surface area contributed by atoms with Crippen LogP contribution in [0, 0.1) is 0 Å². The van der Waals surface area contributed by atoms with Crippen LogP contribution in [0.15, 0.2) is 11.4 Å². The molecule has 96 valence electrons. The number of rotatable bonds is 3. The van der Waals surface area contributed by atoms with Gasteiger partial charge in [0.05, 0.1) is 23.3 Å². The third-order valence-corrected chi connectivity index (χ3v) is 4.41. The van der Waals surface area contributed by atoms with E-state index in [1.807, 2.05) is 11.4 Å². The van der Waals surface area contributed by atoms with Crippen LogP contribution in [0.5, 0.6) is 0 Å². The van der Waals surface area contributed by atoms with Gasteiger partial charge in [0.25, 0.3) is 0 Å². The molecule has 3 atom stereocenters. The summed E-state index contributed by atoms with van der Waals surface area (Å²) in [6.07, 6.45) is 0.534. The van der Waals surface area contributed by atoms with E-state index in [4.69, 9.17) is 22.1 Å². The van der Waals surface area contributed by atoms with Crippen LogP contribution in [-0.2, 0) is 4.74 Å². The number of morpholine rings is 1. The van der Waals surface area contributed by atoms with Crippen molar-refractivity contribution in [2.75, 3.05) is 19.6 Å². The lowest BCUT2D eigenvalue weighted by atomic mass is 10.1. The summed E-state index contributed by atoms with van der Waals surface area (Å²) < 4.78 is 5.75. The first-order valence-corrected chi connectivity index (χ1v) is 7.19. The van der Waals surface area contributed by atoms with Crippen molar-refractivity contribution in [2.45, 2.75) is 32.1 Å². The van der Waals surface area contributed by atoms with Gasteiger partial charge >= 0.3 is 0 Å². The molecule has 3 nitrogen and oxygen atoms in total. The Morgan fingerprint density at radius 3 is 2.65 bits per heavy atom. The van der Waals surface area contributed by atoms with Gasteiger partial charge in [-0.2, -0.15) is 0 Å². The van der Waals surface area contributed by atoms with E-state index < -0.39 is 0 Å². The van der Waals surface area contributed by atoms with Crippen molar-refractivity contribution in [3.63, 3.8) is 0 Å². The van der Waals surface area contributed by atoms with Crippen molar-refractivity contribution >= 4 is 22.9 Å². The smallest absolute Gasteiger partial charge is 0.0678 e. The van der Waals surface area contributed by atoms with Crippen molar-refractivity contribution < 1.29 is 4.74 Å². The molecule has 0 radical (unpaired) electrons. The SMILES string of the molecule is C[C@@H]1CN(C(CN)c2cc(Cl)cs2)C[C@H](C)O1. The van der Waals surface area contributed by atoms with E-state index >= 15 is 0 Å². The molecule has 1 aliphatic rings. The Hall–Kier alpha value is -0.130. The highest BCUT2D eigenvalue weighted by molar-refractivity contribution is 7.10. The number of hydrogen-bond acceptors (Lipinski definition) is 4. The number of halogens is 1. The van der Waals surface area contributed by atoms with Crippen LogP contribution in [0.3, 0.4) is 0 Å². The van der Waals surface area contributed by atoms with Crippen molar-refractivity contribution in [3.8, 4) is 0 Å². The predicted octanol–water partition coefficient (Wildman–Crippen LogP) is 2.51. The molecule has 5 heteroatoms. The minimum atomic E-state index is 0.265. The molecule has 2 rings (SSSR count). The third-order valence-electron chi connectivity index (χ3n) is 3.03. The van der Waals surface area contributed by atoms with Crippen LogP contribution in [0.4, 0.5) is 0 Å². The van der Waals surface area contributed by atoms with Crippen LogP contribution >= 0.6 is 22.9 Å². The molecule has 0 aliphatic carbocycles. The second-order valence-electron chi connectivity index (χ2n) is 4.63. The lowest BCUT2D eigenvalue weighted by Gasteiger charge is -2.39. The minimum absolute atomic E-state index is 0.265. The maximum Gasteiger partial charge on any atom is 0.0678 e. The fourth-order valence-corrected chi connectivity index (χ4v) is 3.65. The van der Waals surface area contributed by atoms with Gasteiger partial charge in [0.15, 0.2) is 0 Å². The lowest BCUT2D eigenvalue weighted by molar-refractivity contribution is -0.0795. The highest BCUT2D eigenvalue weighted by Gasteiger charge is 2.28. The van der Waals surface area contributed by atoms with Crippen molar-refractivity contribution in [2.24, 2.45) is 5.73 Å². The number of ether oxygens (including phenoxy) is 1. The van der Waals surface area contributed by atoms with Crippen LogP contribution < -0.4 is 5.73 Å². The standard InChI is InChI=1S/C12H19ClN2OS/c1-8-5-15(6-9(2)16-8)11(4-14)12-3-10(13)7-17-12/h3,7-9,11H,4-6,14H2,1-2H3/t8-,9+,11?. The summed E-state index contributed by atoms with van der Waals surface area (Å²) in [5, 5.41) is 2.77. The Morgan fingerprint density at radius 1 is 1.53 bits per heavy atom. The van der Waals surface area contributed by atoms with Crippen LogP contribution in [0.2, 0.25) is 5.02 Å². The Morgan fingerprint density at radius 2 is 2.18 bits per heavy atom. The van der Waals surface area contributed by atoms with Gasteiger partial charge in [0.2, 0.25) is 0 Å². The summed E-state index contributed by atoms with van der Waals surface area (Å²) in [4.78, 5) is 3.65. The topological polar surface area (TPSA) is 38.5 Å². The molecule has 2 N–H and O–H groups in total. The summed E-state index contributed by atoms with van der Waals surface area (Å²) in [5.41, 5.74) is 5.92. The third kappa shape index (κ3) is 3.20. The van der Waals surface area contributed by atoms with Crippen molar-refractivity contribution in [3.05, 3.63) is 21.3 Å². The molecule has 0 spiro atoms. The van der Waals surface area contributed by atoms with Gasteiger partial charge in [0.1, 0.15) is 0 Å². The highest BCUT2D eigenvalue weighted by atomic mass is 35.5. The van der Waals surface area contributed by atoms with Crippen LogP contribution in [0.25, 0.3) is 0 Å². The van der Waals surface area contributed by atoms with E-state index in [0.29, 0.717) is 6.54 Å². The maximum absolute atomic E-state index is 5.98. The maximum atomic E-state index is 5.98. The Balaban J connectivity index is 2.12. The largest absolute Gasteiger partial charge is 0.373 e. The van der Waals surface area contributed by atoms with E-state index in [9.17, 15) is 0 Å². The first-order chi connectivity index (χ1) is 8.10. The first-order valence-electron chi connectivity index (χ1n) is 5.93. The molecule has 1 aromatic rings. The Bertz CT molecular complexity index is 361. The molecule has 1 unspecified atom stereocenters. The predicted molar refractivity (Wildman–Crippen MR) is 72.7 cm³/mol. The molecule has 0 aromatic carbocycles. The zero-order valence-electron chi connectivity index (χ0n) is 10.2. The fourth-order valence-electron chi connectivity index (χ4n) is 2.42. The van der Waals surface area contributed by atoms with Gasteiger partial charge in [-0.3, -0.25) is 4.90 Å². The van der Waals surface area contributed by atoms with Crippen molar-refractivity contribution in [1.29, 1.82) is 0 Å². The molecule has 1 saturated heterocycles. The van der Waals surface area contributed by atoms with Crippen LogP contribution in [-0.4, -0.2) is 36.7 Å². The summed E-state index contributed by atoms with van der Waals surface area (Å²) in [6, 6.07) is 2.29. The first kappa shape index (κ1) is 13.3. The van der Waals surface area contributed by atoms with E-state index in [0.717, 1.165) is 18.1 Å². The van der Waals surface area contributed by atoms with E-state index in [1.165, 1.54) is 4.88 Å². The van der Waals surface area contributed by atoms with Gasteiger partial charge in [0, 0.05) is 29.9 Å². The summed E-state index contributed by atoms with van der Waals surface area (Å²) in [6.45, 7) is 6.70. The molecule has 1 aliphatic heterocycles. The van der Waals surface area contributed by atoms with Crippen molar-refractivity contribution in [1.82, 2.24) is 4.90 Å². The summed E-state index contributed by atoms with van der Waals surface area (Å²) >= 11 is 7.67. The van der Waals surface area contributed by atoms with Crippen LogP contribution in [0.1, 0.15) is 24.8 Å². The Labute approximate surface area is 112 Å². The number of thiophene rings is 1. The monoisotopic (exact) mass is 274 g/mol. The molecule has 1 aromatic heterocycles. The van der Waals surface area contributed by atoms with E-state index in [2.05, 4.69) is 18.7 Å². The number of hydrogen-bond donors (Lipinski definition) is 1. The molecule has 0 amide bonds. The summed E-state index contributed by atoms with van der Waals surface area (Å²) in [7, 11) is 0. The van der Waals surface area contributed by atoms with E-state index in [1.54, 1.807) is 11.3 Å². The normalized spacial score (nSPS) is 28.2. The fraction of sp³-hybridized carbons (Fsp3) is 0.667. The molecular formula is C12H19ClN2OS. The average Bonchev–Trinajstić information content (AvgIpc) is 2.64. The summed E-state index contributed by atoms with van der Waals surface area (Å²) in [5.74, 6) is 0. The molecule has 17 heavy (non-hydrogen) atoms. The molecule has 2 heterocycles. The zero-order chi connectivity index (χ0) is 12.4. The van der Waals surface area contributed by atoms with Gasteiger partial charge in [-0.15, -0.1) is 11.3 Å². The van der Waals surface area contributed by atoms with E-state index in [-0.39, 0.29) is 18.2 Å². The highest BCUT2D eigenvalue weighted by Crippen LogP contribution is 2.30. The quantitative estimate of drug-likeness (QED) is 0.920. The molecule has 0 saturated carbocycles. The Kier molecular flexibility index (Phi) is 4.44. The van der Waals surface area contributed by atoms with Gasteiger partial charge in [-0.25, -0.2) is 0 Å². The zero-order valence-corrected chi connectivity index (χ0v) is 11.8. The molecular weight excluding hydrogens is 256 g/mol. The van der Waals surface area contributed by atoms with Gasteiger partial charge in [-0.1, -0.05) is 11.6 Å². The number of nitrogens with two attached hydrogens (primary N) is 1. The second-order valence-corrected chi connectivity index (χ2v) is 6.01. The molecule has 0 bridgehead atoms. The number of nitrogens with zero attached hydrogens (tertiary/aromatic N) is 1. The molecule has 1 fully saturated rings. The lowest BCUT2D eigenvalue weighted by Crippen LogP contribution is -2.48. The van der Waals surface area contributed by atoms with Gasteiger partial charge < -0.3 is 10.5 Å². The second kappa shape index (κ2) is 5.67. The average molecular weight is 275 g/mol.